The van der Waals surface area contributed by atoms with Crippen molar-refractivity contribution in [2.24, 2.45) is 0 Å². The molecule has 0 radical (unpaired) electrons. The molecule has 2 aromatic carbocycles. The summed E-state index contributed by atoms with van der Waals surface area (Å²) in [4.78, 5) is 12.7. The summed E-state index contributed by atoms with van der Waals surface area (Å²) in [6, 6.07) is 19.5. The van der Waals surface area contributed by atoms with Crippen LogP contribution >= 0.6 is 11.3 Å². The third-order valence-electron chi connectivity index (χ3n) is 4.61. The van der Waals surface area contributed by atoms with Gasteiger partial charge in [0.05, 0.1) is 23.6 Å². The van der Waals surface area contributed by atoms with E-state index >= 15 is 0 Å². The van der Waals surface area contributed by atoms with Gasteiger partial charge in [-0.2, -0.15) is 5.10 Å². The molecule has 0 saturated heterocycles. The standard InChI is InChI=1S/C23H21N3O4S2/c1-2-30-23(27)18-10-12-19(13-11-18)25-32(28,29)21-16-26(15-17-7-4-3-5-8-17)24-22(21)20-9-6-14-31-20/h3-14,16,25H,2,15H2,1H3. The topological polar surface area (TPSA) is 90.3 Å². The van der Waals surface area contributed by atoms with Crippen molar-refractivity contribution in [3.8, 4) is 10.6 Å². The number of carbonyl (C=O) groups excluding carboxylic acids is 1. The molecule has 0 spiro atoms. The number of anilines is 1. The molecular formula is C23H21N3O4S2. The maximum Gasteiger partial charge on any atom is 0.338 e. The lowest BCUT2D eigenvalue weighted by Crippen LogP contribution is -2.13. The van der Waals surface area contributed by atoms with Crippen molar-refractivity contribution in [1.82, 2.24) is 9.78 Å². The maximum absolute atomic E-state index is 13.3. The average molecular weight is 468 g/mol. The van der Waals surface area contributed by atoms with E-state index in [0.717, 1.165) is 10.4 Å². The lowest BCUT2D eigenvalue weighted by Gasteiger charge is -2.08. The van der Waals surface area contributed by atoms with Crippen molar-refractivity contribution in [1.29, 1.82) is 0 Å². The molecule has 0 amide bonds. The maximum atomic E-state index is 13.3. The molecule has 2 heterocycles. The molecule has 0 aliphatic rings. The highest BCUT2D eigenvalue weighted by Crippen LogP contribution is 2.31. The molecule has 2 aromatic heterocycles. The third kappa shape index (κ3) is 4.90. The summed E-state index contributed by atoms with van der Waals surface area (Å²) in [5.74, 6) is -0.455. The fourth-order valence-corrected chi connectivity index (χ4v) is 5.14. The lowest BCUT2D eigenvalue weighted by molar-refractivity contribution is 0.0526. The number of hydrogen-bond acceptors (Lipinski definition) is 6. The van der Waals surface area contributed by atoms with Crippen LogP contribution in [0.4, 0.5) is 5.69 Å². The Labute approximate surface area is 190 Å². The monoisotopic (exact) mass is 467 g/mol. The van der Waals surface area contributed by atoms with Gasteiger partial charge < -0.3 is 4.74 Å². The summed E-state index contributed by atoms with van der Waals surface area (Å²) >= 11 is 1.42. The van der Waals surface area contributed by atoms with Crippen LogP contribution in [0.25, 0.3) is 10.6 Å². The molecule has 4 rings (SSSR count). The number of aromatic nitrogens is 2. The second-order valence-corrected chi connectivity index (χ2v) is 9.50. The molecule has 0 unspecified atom stereocenters. The van der Waals surface area contributed by atoms with Crippen molar-refractivity contribution in [2.45, 2.75) is 18.4 Å². The van der Waals surface area contributed by atoms with E-state index < -0.39 is 16.0 Å². The number of thiophene rings is 1. The van der Waals surface area contributed by atoms with Crippen LogP contribution in [-0.2, 0) is 21.3 Å². The third-order valence-corrected chi connectivity index (χ3v) is 6.87. The second kappa shape index (κ2) is 9.37. The highest BCUT2D eigenvalue weighted by molar-refractivity contribution is 7.92. The van der Waals surface area contributed by atoms with Crippen molar-refractivity contribution in [2.75, 3.05) is 11.3 Å². The van der Waals surface area contributed by atoms with Gasteiger partial charge in [-0.1, -0.05) is 36.4 Å². The number of hydrogen-bond donors (Lipinski definition) is 1. The van der Waals surface area contributed by atoms with Crippen LogP contribution in [0.3, 0.4) is 0 Å². The molecule has 0 bridgehead atoms. The molecule has 4 aromatic rings. The molecule has 0 atom stereocenters. The Kier molecular flexibility index (Phi) is 6.38. The average Bonchev–Trinajstić information content (AvgIpc) is 3.45. The molecular weight excluding hydrogens is 446 g/mol. The Morgan fingerprint density at radius 3 is 2.47 bits per heavy atom. The van der Waals surface area contributed by atoms with Crippen LogP contribution in [0.15, 0.2) is 83.2 Å². The molecule has 164 valence electrons. The molecule has 32 heavy (non-hydrogen) atoms. The minimum Gasteiger partial charge on any atom is -0.462 e. The van der Waals surface area contributed by atoms with E-state index in [9.17, 15) is 13.2 Å². The number of sulfonamides is 1. The van der Waals surface area contributed by atoms with E-state index in [2.05, 4.69) is 9.82 Å². The van der Waals surface area contributed by atoms with Crippen LogP contribution < -0.4 is 4.72 Å². The number of ether oxygens (including phenoxy) is 1. The van der Waals surface area contributed by atoms with Gasteiger partial charge in [0, 0.05) is 11.9 Å². The molecule has 7 nitrogen and oxygen atoms in total. The molecule has 0 fully saturated rings. The zero-order valence-electron chi connectivity index (χ0n) is 17.3. The van der Waals surface area contributed by atoms with Gasteiger partial charge in [0.2, 0.25) is 0 Å². The number of benzene rings is 2. The first-order valence-corrected chi connectivity index (χ1v) is 12.3. The predicted molar refractivity (Wildman–Crippen MR) is 124 cm³/mol. The van der Waals surface area contributed by atoms with Gasteiger partial charge in [-0.3, -0.25) is 9.40 Å². The fraction of sp³-hybridized carbons (Fsp3) is 0.130. The summed E-state index contributed by atoms with van der Waals surface area (Å²) in [7, 11) is -3.93. The Balaban J connectivity index is 1.64. The van der Waals surface area contributed by atoms with E-state index in [1.165, 1.54) is 41.8 Å². The first kappa shape index (κ1) is 21.8. The molecule has 9 heteroatoms. The summed E-state index contributed by atoms with van der Waals surface area (Å²) in [6.45, 7) is 2.44. The van der Waals surface area contributed by atoms with Gasteiger partial charge in [0.15, 0.2) is 0 Å². The highest BCUT2D eigenvalue weighted by atomic mass is 32.2. The smallest absolute Gasteiger partial charge is 0.338 e. The number of nitrogens with zero attached hydrogens (tertiary/aromatic N) is 2. The Morgan fingerprint density at radius 2 is 1.81 bits per heavy atom. The lowest BCUT2D eigenvalue weighted by atomic mass is 10.2. The Hall–Kier alpha value is -3.43. The Morgan fingerprint density at radius 1 is 1.06 bits per heavy atom. The zero-order valence-corrected chi connectivity index (χ0v) is 18.9. The van der Waals surface area contributed by atoms with Crippen LogP contribution in [0.2, 0.25) is 0 Å². The number of carbonyl (C=O) groups is 1. The molecule has 0 aliphatic heterocycles. The molecule has 1 N–H and O–H groups in total. The van der Waals surface area contributed by atoms with Crippen molar-refractivity contribution < 1.29 is 17.9 Å². The summed E-state index contributed by atoms with van der Waals surface area (Å²) in [6.07, 6.45) is 1.54. The molecule has 0 aliphatic carbocycles. The van der Waals surface area contributed by atoms with Crippen LogP contribution in [0, 0.1) is 0 Å². The van der Waals surface area contributed by atoms with Gasteiger partial charge in [0.1, 0.15) is 10.6 Å². The van der Waals surface area contributed by atoms with Crippen molar-refractivity contribution in [3.63, 3.8) is 0 Å². The number of nitrogens with one attached hydrogen (secondary N) is 1. The van der Waals surface area contributed by atoms with E-state index in [4.69, 9.17) is 4.74 Å². The highest BCUT2D eigenvalue weighted by Gasteiger charge is 2.25. The largest absolute Gasteiger partial charge is 0.462 e. The van der Waals surface area contributed by atoms with Gasteiger partial charge in [-0.05, 0) is 48.2 Å². The number of rotatable bonds is 8. The summed E-state index contributed by atoms with van der Waals surface area (Å²) < 4.78 is 35.7. The Bertz CT molecular complexity index is 1300. The zero-order chi connectivity index (χ0) is 22.6. The van der Waals surface area contributed by atoms with E-state index in [-0.39, 0.29) is 11.5 Å². The van der Waals surface area contributed by atoms with E-state index in [1.807, 2.05) is 47.8 Å². The predicted octanol–water partition coefficient (Wildman–Crippen LogP) is 4.64. The first-order chi connectivity index (χ1) is 15.5. The van der Waals surface area contributed by atoms with Gasteiger partial charge in [-0.15, -0.1) is 11.3 Å². The first-order valence-electron chi connectivity index (χ1n) is 9.91. The number of esters is 1. The van der Waals surface area contributed by atoms with Gasteiger partial charge in [0.25, 0.3) is 10.0 Å². The van der Waals surface area contributed by atoms with E-state index in [1.54, 1.807) is 11.6 Å². The quantitative estimate of drug-likeness (QED) is 0.381. The summed E-state index contributed by atoms with van der Waals surface area (Å²) in [5, 5.41) is 6.44. The van der Waals surface area contributed by atoms with Gasteiger partial charge >= 0.3 is 5.97 Å². The normalized spacial score (nSPS) is 11.3. The minimum absolute atomic E-state index is 0.0883. The van der Waals surface area contributed by atoms with Crippen LogP contribution in [0.1, 0.15) is 22.8 Å². The molecule has 0 saturated carbocycles. The van der Waals surface area contributed by atoms with E-state index in [0.29, 0.717) is 23.5 Å². The van der Waals surface area contributed by atoms with Gasteiger partial charge in [-0.25, -0.2) is 13.2 Å². The van der Waals surface area contributed by atoms with Crippen molar-refractivity contribution >= 4 is 33.0 Å². The summed E-state index contributed by atoms with van der Waals surface area (Å²) in [5.41, 5.74) is 2.10. The fourth-order valence-electron chi connectivity index (χ4n) is 3.13. The SMILES string of the molecule is CCOC(=O)c1ccc(NS(=O)(=O)c2cn(Cc3ccccc3)nc2-c2cccs2)cc1. The van der Waals surface area contributed by atoms with Crippen LogP contribution in [-0.4, -0.2) is 30.8 Å². The second-order valence-electron chi connectivity index (χ2n) is 6.91. The minimum atomic E-state index is -3.93. The van der Waals surface area contributed by atoms with Crippen molar-refractivity contribution in [3.05, 3.63) is 89.4 Å². The van der Waals surface area contributed by atoms with Crippen LogP contribution in [0.5, 0.6) is 0 Å².